The van der Waals surface area contributed by atoms with Gasteiger partial charge in [-0.05, 0) is 128 Å². The fourth-order valence-corrected chi connectivity index (χ4v) is 10.0. The molecule has 9 aromatic rings. The number of aromatic nitrogens is 1. The Labute approximate surface area is 335 Å². The molecule has 0 aliphatic heterocycles. The highest BCUT2D eigenvalue weighted by atomic mass is 15.1. The molecule has 0 bridgehead atoms. The van der Waals surface area contributed by atoms with Crippen LogP contribution in [-0.4, -0.2) is 4.57 Å². The van der Waals surface area contributed by atoms with E-state index in [0.29, 0.717) is 11.8 Å². The van der Waals surface area contributed by atoms with Crippen LogP contribution in [-0.2, 0) is 5.41 Å². The third kappa shape index (κ3) is 4.83. The Morgan fingerprint density at radius 3 is 1.44 bits per heavy atom. The highest BCUT2D eigenvalue weighted by Crippen LogP contribution is 2.64. The van der Waals surface area contributed by atoms with Gasteiger partial charge in [0, 0.05) is 33.5 Å². The molecule has 1 spiro atoms. The number of anilines is 3. The van der Waals surface area contributed by atoms with Gasteiger partial charge in [0.1, 0.15) is 0 Å². The molecule has 2 nitrogen and oxygen atoms in total. The van der Waals surface area contributed by atoms with Gasteiger partial charge in [0.2, 0.25) is 0 Å². The van der Waals surface area contributed by atoms with E-state index in [4.69, 9.17) is 0 Å². The van der Waals surface area contributed by atoms with Crippen molar-refractivity contribution >= 4 is 38.9 Å². The van der Waals surface area contributed by atoms with Gasteiger partial charge in [0.05, 0.1) is 16.4 Å². The van der Waals surface area contributed by atoms with Crippen molar-refractivity contribution in [3.8, 4) is 27.9 Å². The SMILES string of the molecule is CC(C)c1ccc2c(c1)C1(c3ccccc3-c3ccc(N(c4ccccc4)c4ccc(-n5c6ccccc6c6ccccc65)cc4)cc31)c1cc(C(C)C)ccc1-2. The average molecular weight is 733 g/mol. The second kappa shape index (κ2) is 12.7. The van der Waals surface area contributed by atoms with Gasteiger partial charge in [-0.3, -0.25) is 0 Å². The third-order valence-corrected chi connectivity index (χ3v) is 12.8. The minimum Gasteiger partial charge on any atom is -0.310 e. The maximum atomic E-state index is 2.52. The minimum atomic E-state index is -0.439. The molecule has 2 heteroatoms. The Bertz CT molecular complexity index is 2910. The van der Waals surface area contributed by atoms with Crippen LogP contribution >= 0.6 is 0 Å². The topological polar surface area (TPSA) is 8.17 Å². The van der Waals surface area contributed by atoms with Crippen LogP contribution in [0.15, 0.2) is 182 Å². The Kier molecular flexibility index (Phi) is 7.50. The molecule has 1 heterocycles. The van der Waals surface area contributed by atoms with Gasteiger partial charge in [-0.25, -0.2) is 0 Å². The van der Waals surface area contributed by atoms with Gasteiger partial charge in [0.15, 0.2) is 0 Å². The summed E-state index contributed by atoms with van der Waals surface area (Å²) in [6, 6.07) is 68.3. The highest BCUT2D eigenvalue weighted by molar-refractivity contribution is 6.09. The number of hydrogen-bond acceptors (Lipinski definition) is 1. The first kappa shape index (κ1) is 33.7. The zero-order valence-electron chi connectivity index (χ0n) is 32.9. The van der Waals surface area contributed by atoms with Crippen molar-refractivity contribution in [3.05, 3.63) is 215 Å². The van der Waals surface area contributed by atoms with Crippen LogP contribution in [0.5, 0.6) is 0 Å². The predicted molar refractivity (Wildman–Crippen MR) is 240 cm³/mol. The molecule has 2 aliphatic carbocycles. The van der Waals surface area contributed by atoms with Crippen LogP contribution in [0.1, 0.15) is 72.9 Å². The van der Waals surface area contributed by atoms with Crippen molar-refractivity contribution < 1.29 is 0 Å². The lowest BCUT2D eigenvalue weighted by Crippen LogP contribution is -2.26. The number of hydrogen-bond donors (Lipinski definition) is 0. The molecule has 57 heavy (non-hydrogen) atoms. The lowest BCUT2D eigenvalue weighted by atomic mass is 9.69. The largest absolute Gasteiger partial charge is 0.310 e. The second-order valence-electron chi connectivity index (χ2n) is 16.5. The first-order chi connectivity index (χ1) is 27.9. The lowest BCUT2D eigenvalue weighted by molar-refractivity contribution is 0.777. The fraction of sp³-hybridized carbons (Fsp3) is 0.127. The van der Waals surface area contributed by atoms with E-state index in [1.54, 1.807) is 0 Å². The standard InChI is InChI=1S/C55H44N2/c1-35(2)37-22-29-44-45-30-23-38(36(3)4)33-51(45)55(50(44)32-37)49-19-11-8-16-43(49)46-31-28-42(34-52(46)55)56(39-14-6-5-7-15-39)40-24-26-41(27-25-40)57-53-20-12-9-17-47(53)48-18-10-13-21-54(48)57/h5-36H,1-4H3. The summed E-state index contributed by atoms with van der Waals surface area (Å²) in [6.07, 6.45) is 0. The van der Waals surface area contributed by atoms with E-state index in [9.17, 15) is 0 Å². The van der Waals surface area contributed by atoms with Crippen molar-refractivity contribution in [2.45, 2.75) is 44.9 Å². The van der Waals surface area contributed by atoms with E-state index in [2.05, 4.69) is 219 Å². The summed E-state index contributed by atoms with van der Waals surface area (Å²) < 4.78 is 2.39. The van der Waals surface area contributed by atoms with E-state index in [1.807, 2.05) is 0 Å². The van der Waals surface area contributed by atoms with Gasteiger partial charge >= 0.3 is 0 Å². The summed E-state index contributed by atoms with van der Waals surface area (Å²) in [5.41, 5.74) is 20.1. The van der Waals surface area contributed by atoms with E-state index in [-0.39, 0.29) is 0 Å². The first-order valence-electron chi connectivity index (χ1n) is 20.4. The Morgan fingerprint density at radius 2 is 0.842 bits per heavy atom. The summed E-state index contributed by atoms with van der Waals surface area (Å²) in [5.74, 6) is 0.840. The van der Waals surface area contributed by atoms with Crippen molar-refractivity contribution in [1.82, 2.24) is 4.57 Å². The zero-order valence-corrected chi connectivity index (χ0v) is 32.9. The Hall–Kier alpha value is -6.64. The molecule has 11 rings (SSSR count). The molecule has 0 fully saturated rings. The molecule has 1 aromatic heterocycles. The number of rotatable bonds is 6. The van der Waals surface area contributed by atoms with Crippen molar-refractivity contribution in [2.24, 2.45) is 0 Å². The maximum absolute atomic E-state index is 2.52. The van der Waals surface area contributed by atoms with Crippen LogP contribution < -0.4 is 4.90 Å². The molecule has 0 atom stereocenters. The van der Waals surface area contributed by atoms with E-state index in [0.717, 1.165) is 22.7 Å². The molecule has 0 amide bonds. The van der Waals surface area contributed by atoms with Gasteiger partial charge in [-0.2, -0.15) is 0 Å². The average Bonchev–Trinajstić information content (AvgIpc) is 3.85. The molecule has 0 N–H and O–H groups in total. The molecule has 0 radical (unpaired) electrons. The van der Waals surface area contributed by atoms with Gasteiger partial charge in [0.25, 0.3) is 0 Å². The van der Waals surface area contributed by atoms with Crippen molar-refractivity contribution in [1.29, 1.82) is 0 Å². The molecule has 0 saturated carbocycles. The molecule has 0 unspecified atom stereocenters. The maximum Gasteiger partial charge on any atom is 0.0726 e. The van der Waals surface area contributed by atoms with Gasteiger partial charge in [-0.1, -0.05) is 149 Å². The summed E-state index contributed by atoms with van der Waals surface area (Å²) in [7, 11) is 0. The molecule has 0 saturated heterocycles. The zero-order chi connectivity index (χ0) is 38.4. The summed E-state index contributed by atoms with van der Waals surface area (Å²) in [6.45, 7) is 9.25. The normalized spacial score (nSPS) is 13.4. The number of para-hydroxylation sites is 3. The summed E-state index contributed by atoms with van der Waals surface area (Å²) in [5, 5.41) is 2.54. The van der Waals surface area contributed by atoms with Crippen LogP contribution in [0.25, 0.3) is 49.7 Å². The van der Waals surface area contributed by atoms with Crippen LogP contribution in [0.4, 0.5) is 17.1 Å². The second-order valence-corrected chi connectivity index (χ2v) is 16.5. The Morgan fingerprint density at radius 1 is 0.386 bits per heavy atom. The van der Waals surface area contributed by atoms with E-state index < -0.39 is 5.41 Å². The highest BCUT2D eigenvalue weighted by Gasteiger charge is 2.52. The van der Waals surface area contributed by atoms with E-state index in [1.165, 1.54) is 77.4 Å². The third-order valence-electron chi connectivity index (χ3n) is 12.8. The minimum absolute atomic E-state index is 0.420. The summed E-state index contributed by atoms with van der Waals surface area (Å²) in [4.78, 5) is 2.43. The first-order valence-corrected chi connectivity index (χ1v) is 20.4. The fourth-order valence-electron chi connectivity index (χ4n) is 10.0. The summed E-state index contributed by atoms with van der Waals surface area (Å²) >= 11 is 0. The van der Waals surface area contributed by atoms with Crippen molar-refractivity contribution in [3.63, 3.8) is 0 Å². The molecule has 274 valence electrons. The van der Waals surface area contributed by atoms with Gasteiger partial charge in [-0.15, -0.1) is 0 Å². The van der Waals surface area contributed by atoms with Crippen molar-refractivity contribution in [2.75, 3.05) is 4.90 Å². The van der Waals surface area contributed by atoms with E-state index >= 15 is 0 Å². The van der Waals surface area contributed by atoms with Crippen LogP contribution in [0, 0.1) is 0 Å². The molecule has 8 aromatic carbocycles. The van der Waals surface area contributed by atoms with Crippen LogP contribution in [0.2, 0.25) is 0 Å². The lowest BCUT2D eigenvalue weighted by Gasteiger charge is -2.33. The smallest absolute Gasteiger partial charge is 0.0726 e. The Balaban J connectivity index is 1.14. The number of fused-ring (bicyclic) bond motifs is 13. The van der Waals surface area contributed by atoms with Gasteiger partial charge < -0.3 is 9.47 Å². The molecule has 2 aliphatic rings. The number of nitrogens with zero attached hydrogens (tertiary/aromatic N) is 2. The monoisotopic (exact) mass is 732 g/mol. The molecular formula is C55H44N2. The molecular weight excluding hydrogens is 689 g/mol. The van der Waals surface area contributed by atoms with Crippen LogP contribution in [0.3, 0.4) is 0 Å². The predicted octanol–water partition coefficient (Wildman–Crippen LogP) is 14.8. The quantitative estimate of drug-likeness (QED) is 0.165. The number of benzene rings is 8.